The summed E-state index contributed by atoms with van der Waals surface area (Å²) in [6, 6.07) is 6.49. The van der Waals surface area contributed by atoms with Crippen LogP contribution in [0.2, 0.25) is 0 Å². The van der Waals surface area contributed by atoms with Crippen LogP contribution in [0.1, 0.15) is 5.69 Å². The number of nitriles is 1. The van der Waals surface area contributed by atoms with E-state index in [0.29, 0.717) is 0 Å². The van der Waals surface area contributed by atoms with Crippen LogP contribution in [-0.4, -0.2) is 15.7 Å². The first-order chi connectivity index (χ1) is 8.83. The lowest BCUT2D eigenvalue weighted by Gasteiger charge is -2.10. The maximum Gasteiger partial charge on any atom is 0.406 e. The van der Waals surface area contributed by atoms with Gasteiger partial charge in [-0.25, -0.2) is 0 Å². The second-order valence-corrected chi connectivity index (χ2v) is 3.81. The number of fused-ring (bicyclic) bond motifs is 1. The Morgan fingerprint density at radius 1 is 1.42 bits per heavy atom. The van der Waals surface area contributed by atoms with Crippen LogP contribution in [-0.2, 0) is 6.54 Å². The maximum absolute atomic E-state index is 12.5. The molecule has 2 rings (SSSR count). The number of nitro benzene ring substituents is 1. The molecule has 1 aromatic carbocycles. The number of nitro groups is 1. The van der Waals surface area contributed by atoms with Gasteiger partial charge in [-0.15, -0.1) is 0 Å². The molecule has 0 aliphatic carbocycles. The highest BCUT2D eigenvalue weighted by Gasteiger charge is 2.30. The first-order valence-electron chi connectivity index (χ1n) is 5.07. The van der Waals surface area contributed by atoms with E-state index in [4.69, 9.17) is 5.26 Å². The van der Waals surface area contributed by atoms with Crippen molar-refractivity contribution in [1.29, 1.82) is 5.26 Å². The summed E-state index contributed by atoms with van der Waals surface area (Å²) in [6.45, 7) is -1.36. The average molecular weight is 269 g/mol. The summed E-state index contributed by atoms with van der Waals surface area (Å²) in [5.41, 5.74) is -0.570. The van der Waals surface area contributed by atoms with Gasteiger partial charge in [0.15, 0.2) is 0 Å². The highest BCUT2D eigenvalue weighted by molar-refractivity contribution is 5.90. The molecule has 1 heterocycles. The fourth-order valence-corrected chi connectivity index (χ4v) is 1.87. The Labute approximate surface area is 104 Å². The summed E-state index contributed by atoms with van der Waals surface area (Å²) in [6.07, 6.45) is -4.51. The van der Waals surface area contributed by atoms with E-state index in [9.17, 15) is 23.3 Å². The molecule has 0 radical (unpaired) electrons. The van der Waals surface area contributed by atoms with Crippen LogP contribution in [0.15, 0.2) is 24.3 Å². The second-order valence-electron chi connectivity index (χ2n) is 3.81. The van der Waals surface area contributed by atoms with Crippen molar-refractivity contribution in [2.75, 3.05) is 0 Å². The van der Waals surface area contributed by atoms with E-state index in [1.807, 2.05) is 0 Å². The second kappa shape index (κ2) is 4.28. The summed E-state index contributed by atoms with van der Waals surface area (Å²) >= 11 is 0. The summed E-state index contributed by atoms with van der Waals surface area (Å²) in [5.74, 6) is 0. The Bertz CT molecular complexity index is 697. The highest BCUT2D eigenvalue weighted by Crippen LogP contribution is 2.30. The van der Waals surface area contributed by atoms with Gasteiger partial charge in [-0.3, -0.25) is 10.1 Å². The lowest BCUT2D eigenvalue weighted by atomic mass is 10.2. The number of nitrogens with zero attached hydrogens (tertiary/aromatic N) is 3. The third kappa shape index (κ3) is 2.35. The Morgan fingerprint density at radius 3 is 2.63 bits per heavy atom. The van der Waals surface area contributed by atoms with Gasteiger partial charge in [-0.1, -0.05) is 6.07 Å². The minimum atomic E-state index is -4.51. The number of hydrogen-bond acceptors (Lipinski definition) is 3. The van der Waals surface area contributed by atoms with E-state index in [-0.39, 0.29) is 22.3 Å². The van der Waals surface area contributed by atoms with Crippen molar-refractivity contribution < 1.29 is 18.1 Å². The molecule has 0 amide bonds. The average Bonchev–Trinajstić information content (AvgIpc) is 2.65. The molecule has 0 atom stereocenters. The van der Waals surface area contributed by atoms with Gasteiger partial charge in [0.1, 0.15) is 18.3 Å². The lowest BCUT2D eigenvalue weighted by molar-refractivity contribution is -0.383. The van der Waals surface area contributed by atoms with Gasteiger partial charge >= 0.3 is 6.18 Å². The van der Waals surface area contributed by atoms with Crippen molar-refractivity contribution in [3.05, 3.63) is 40.1 Å². The number of hydrogen-bond donors (Lipinski definition) is 0. The minimum Gasteiger partial charge on any atom is -0.323 e. The van der Waals surface area contributed by atoms with Gasteiger partial charge < -0.3 is 4.57 Å². The number of benzene rings is 1. The van der Waals surface area contributed by atoms with E-state index in [1.165, 1.54) is 18.2 Å². The van der Waals surface area contributed by atoms with Gasteiger partial charge in [-0.05, 0) is 12.1 Å². The molecule has 0 aliphatic rings. The highest BCUT2D eigenvalue weighted by atomic mass is 19.4. The molecule has 0 saturated heterocycles. The number of non-ortho nitro benzene ring substituents is 1. The van der Waals surface area contributed by atoms with Crippen molar-refractivity contribution in [1.82, 2.24) is 4.57 Å². The molecule has 0 fully saturated rings. The third-order valence-corrected chi connectivity index (χ3v) is 2.57. The van der Waals surface area contributed by atoms with Gasteiger partial charge in [0.25, 0.3) is 5.69 Å². The first-order valence-corrected chi connectivity index (χ1v) is 5.07. The van der Waals surface area contributed by atoms with Crippen LogP contribution in [0.3, 0.4) is 0 Å². The zero-order valence-electron chi connectivity index (χ0n) is 9.31. The Morgan fingerprint density at radius 2 is 2.11 bits per heavy atom. The van der Waals surface area contributed by atoms with Crippen molar-refractivity contribution in [2.45, 2.75) is 12.7 Å². The van der Waals surface area contributed by atoms with Gasteiger partial charge in [-0.2, -0.15) is 18.4 Å². The molecule has 0 saturated carbocycles. The van der Waals surface area contributed by atoms with Gasteiger partial charge in [0, 0.05) is 6.07 Å². The molecule has 0 N–H and O–H groups in total. The Kier molecular flexibility index (Phi) is 2.90. The van der Waals surface area contributed by atoms with E-state index in [1.54, 1.807) is 6.07 Å². The van der Waals surface area contributed by atoms with Gasteiger partial charge in [0.2, 0.25) is 0 Å². The molecule has 0 unspecified atom stereocenters. The molecule has 8 heteroatoms. The summed E-state index contributed by atoms with van der Waals surface area (Å²) < 4.78 is 38.1. The maximum atomic E-state index is 12.5. The van der Waals surface area contributed by atoms with Crippen molar-refractivity contribution in [3.63, 3.8) is 0 Å². The minimum absolute atomic E-state index is 0.0167. The van der Waals surface area contributed by atoms with Crippen molar-refractivity contribution >= 4 is 16.6 Å². The third-order valence-electron chi connectivity index (χ3n) is 2.57. The number of halogens is 3. The topological polar surface area (TPSA) is 71.9 Å². The first kappa shape index (κ1) is 12.9. The Balaban J connectivity index is 2.73. The SMILES string of the molecule is N#Cc1cc2c([N+](=O)[O-])cccc2n1CC(F)(F)F. The quantitative estimate of drug-likeness (QED) is 0.621. The molecule has 98 valence electrons. The van der Waals surface area contributed by atoms with Crippen LogP contribution < -0.4 is 0 Å². The van der Waals surface area contributed by atoms with Crippen molar-refractivity contribution in [3.8, 4) is 6.07 Å². The predicted molar refractivity (Wildman–Crippen MR) is 59.4 cm³/mol. The van der Waals surface area contributed by atoms with Gasteiger partial charge in [0.05, 0.1) is 15.8 Å². The zero-order chi connectivity index (χ0) is 14.2. The molecule has 0 bridgehead atoms. The lowest BCUT2D eigenvalue weighted by Crippen LogP contribution is -2.18. The largest absolute Gasteiger partial charge is 0.406 e. The molecular formula is C11H6F3N3O2. The number of aromatic nitrogens is 1. The number of rotatable bonds is 2. The summed E-state index contributed by atoms with van der Waals surface area (Å²) in [4.78, 5) is 10.1. The van der Waals surface area contributed by atoms with Crippen LogP contribution in [0, 0.1) is 21.4 Å². The Hall–Kier alpha value is -2.56. The summed E-state index contributed by atoms with van der Waals surface area (Å²) in [7, 11) is 0. The van der Waals surface area contributed by atoms with E-state index in [2.05, 4.69) is 0 Å². The van der Waals surface area contributed by atoms with Crippen LogP contribution in [0.25, 0.3) is 10.9 Å². The molecule has 1 aromatic heterocycles. The predicted octanol–water partition coefficient (Wildman–Crippen LogP) is 2.98. The fraction of sp³-hybridized carbons (Fsp3) is 0.182. The van der Waals surface area contributed by atoms with E-state index < -0.39 is 17.6 Å². The normalized spacial score (nSPS) is 11.5. The standard InChI is InChI=1S/C11H6F3N3O2/c12-11(13,14)6-16-7(5-15)4-8-9(16)2-1-3-10(8)17(18)19/h1-4H,6H2. The molecule has 19 heavy (non-hydrogen) atoms. The monoisotopic (exact) mass is 269 g/mol. The number of alkyl halides is 3. The van der Waals surface area contributed by atoms with Crippen LogP contribution in [0.5, 0.6) is 0 Å². The molecular weight excluding hydrogens is 263 g/mol. The van der Waals surface area contributed by atoms with E-state index >= 15 is 0 Å². The summed E-state index contributed by atoms with van der Waals surface area (Å²) in [5, 5.41) is 19.7. The molecule has 0 aliphatic heterocycles. The van der Waals surface area contributed by atoms with E-state index in [0.717, 1.165) is 10.6 Å². The molecule has 5 nitrogen and oxygen atoms in total. The van der Waals surface area contributed by atoms with Crippen LogP contribution >= 0.6 is 0 Å². The molecule has 0 spiro atoms. The van der Waals surface area contributed by atoms with Crippen molar-refractivity contribution in [2.24, 2.45) is 0 Å². The zero-order valence-corrected chi connectivity index (χ0v) is 9.31. The fourth-order valence-electron chi connectivity index (χ4n) is 1.87. The molecule has 2 aromatic rings. The van der Waals surface area contributed by atoms with Crippen LogP contribution in [0.4, 0.5) is 18.9 Å². The smallest absolute Gasteiger partial charge is 0.323 e.